The number of hydrogen-bond donors (Lipinski definition) is 0. The SMILES string of the molecule is CC1O[C@@]2(CS1)CN1CCC2CC1.C[C@H]1O[C@]2(CS1)CN1CCC2CC1. The number of rotatable bonds is 0. The molecule has 0 aromatic rings. The molecule has 8 saturated heterocycles. The molecule has 4 bridgehead atoms. The van der Waals surface area contributed by atoms with Gasteiger partial charge in [0.2, 0.25) is 0 Å². The lowest BCUT2D eigenvalue weighted by Gasteiger charge is -2.50. The van der Waals surface area contributed by atoms with Gasteiger partial charge in [-0.2, -0.15) is 0 Å². The molecule has 4 atom stereocenters. The van der Waals surface area contributed by atoms with Gasteiger partial charge in [-0.1, -0.05) is 0 Å². The standard InChI is InChI=1S/2C10H17NOS/c2*1-8-12-10(7-13-8)6-11-4-2-9(10)3-5-11/h2*8-9H,2-7H2,1H3/t8?,10-;8-,10-/m10/s1. The summed E-state index contributed by atoms with van der Waals surface area (Å²) in [6, 6.07) is 0. The number of nitrogens with zero attached hydrogens (tertiary/aromatic N) is 2. The van der Waals surface area contributed by atoms with Crippen LogP contribution in [0.3, 0.4) is 0 Å². The molecular weight excluding hydrogens is 364 g/mol. The molecule has 0 N–H and O–H groups in total. The van der Waals surface area contributed by atoms with Crippen molar-refractivity contribution < 1.29 is 9.47 Å². The quantitative estimate of drug-likeness (QED) is 0.622. The first-order chi connectivity index (χ1) is 12.6. The highest BCUT2D eigenvalue weighted by Crippen LogP contribution is 2.47. The molecule has 2 spiro atoms. The van der Waals surface area contributed by atoms with Crippen LogP contribution in [0.4, 0.5) is 0 Å². The van der Waals surface area contributed by atoms with Crippen molar-refractivity contribution in [2.24, 2.45) is 11.8 Å². The lowest BCUT2D eigenvalue weighted by Crippen LogP contribution is -2.60. The summed E-state index contributed by atoms with van der Waals surface area (Å²) in [5, 5.41) is 0. The molecule has 148 valence electrons. The van der Waals surface area contributed by atoms with Crippen LogP contribution in [-0.4, -0.2) is 82.6 Å². The summed E-state index contributed by atoms with van der Waals surface area (Å²) < 4.78 is 12.3. The summed E-state index contributed by atoms with van der Waals surface area (Å²) in [5.41, 5.74) is 1.36. The maximum Gasteiger partial charge on any atom is 0.101 e. The lowest BCUT2D eigenvalue weighted by molar-refractivity contribution is -0.133. The van der Waals surface area contributed by atoms with Gasteiger partial charge >= 0.3 is 0 Å². The molecular formula is C20H34N2O2S2. The number of ether oxygens (including phenoxy) is 2. The smallest absolute Gasteiger partial charge is 0.101 e. The number of piperidine rings is 6. The van der Waals surface area contributed by atoms with Crippen molar-refractivity contribution in [3.8, 4) is 0 Å². The zero-order valence-corrected chi connectivity index (χ0v) is 18.0. The fourth-order valence-corrected chi connectivity index (χ4v) is 8.50. The Hall–Kier alpha value is 0.540. The Labute approximate surface area is 167 Å². The van der Waals surface area contributed by atoms with Gasteiger partial charge in [-0.3, -0.25) is 0 Å². The molecule has 1 unspecified atom stereocenters. The van der Waals surface area contributed by atoms with E-state index in [9.17, 15) is 0 Å². The van der Waals surface area contributed by atoms with E-state index in [1.165, 1.54) is 76.5 Å². The summed E-state index contributed by atoms with van der Waals surface area (Å²) >= 11 is 3.99. The third kappa shape index (κ3) is 3.26. The first-order valence-electron chi connectivity index (χ1n) is 10.6. The molecule has 0 aromatic carbocycles. The highest BCUT2D eigenvalue weighted by molar-refractivity contribution is 8.00. The second kappa shape index (κ2) is 7.10. The first-order valence-corrected chi connectivity index (χ1v) is 12.7. The Kier molecular flexibility index (Phi) is 5.07. The van der Waals surface area contributed by atoms with Gasteiger partial charge in [-0.15, -0.1) is 23.5 Å². The molecule has 6 heteroatoms. The molecule has 0 aromatic heterocycles. The van der Waals surface area contributed by atoms with E-state index in [-0.39, 0.29) is 11.2 Å². The van der Waals surface area contributed by atoms with Crippen LogP contribution in [0.25, 0.3) is 0 Å². The Bertz CT molecular complexity index is 476. The van der Waals surface area contributed by atoms with E-state index in [2.05, 4.69) is 23.6 Å². The van der Waals surface area contributed by atoms with Crippen LogP contribution in [0.15, 0.2) is 0 Å². The molecule has 8 aliphatic rings. The molecule has 8 heterocycles. The Morgan fingerprint density at radius 3 is 1.31 bits per heavy atom. The molecule has 8 fully saturated rings. The third-order valence-corrected chi connectivity index (χ3v) is 10.0. The summed E-state index contributed by atoms with van der Waals surface area (Å²) in [7, 11) is 0. The largest absolute Gasteiger partial charge is 0.359 e. The second-order valence-corrected chi connectivity index (χ2v) is 11.8. The van der Waals surface area contributed by atoms with Gasteiger partial charge in [-0.25, -0.2) is 0 Å². The van der Waals surface area contributed by atoms with Gasteiger partial charge in [0.25, 0.3) is 0 Å². The van der Waals surface area contributed by atoms with Crippen molar-refractivity contribution in [3.63, 3.8) is 0 Å². The van der Waals surface area contributed by atoms with E-state index in [4.69, 9.17) is 9.47 Å². The maximum atomic E-state index is 6.14. The summed E-state index contributed by atoms with van der Waals surface area (Å²) in [6.07, 6.45) is 5.47. The molecule has 8 rings (SSSR count). The minimum Gasteiger partial charge on any atom is -0.359 e. The van der Waals surface area contributed by atoms with Gasteiger partial charge in [-0.05, 0) is 77.5 Å². The van der Waals surface area contributed by atoms with E-state index in [1.807, 2.05) is 23.5 Å². The number of fused-ring (bicyclic) bond motifs is 4. The Balaban J connectivity index is 0.000000115. The van der Waals surface area contributed by atoms with Crippen molar-refractivity contribution >= 4 is 23.5 Å². The molecule has 26 heavy (non-hydrogen) atoms. The van der Waals surface area contributed by atoms with Gasteiger partial charge in [0.05, 0.1) is 11.2 Å². The highest BCUT2D eigenvalue weighted by atomic mass is 32.2. The fraction of sp³-hybridized carbons (Fsp3) is 1.00. The third-order valence-electron chi connectivity index (χ3n) is 7.57. The average Bonchev–Trinajstić information content (AvgIpc) is 3.20. The van der Waals surface area contributed by atoms with E-state index in [0.717, 1.165) is 11.8 Å². The van der Waals surface area contributed by atoms with E-state index in [1.54, 1.807) is 0 Å². The Morgan fingerprint density at radius 1 is 0.692 bits per heavy atom. The van der Waals surface area contributed by atoms with Crippen LogP contribution in [0.5, 0.6) is 0 Å². The fourth-order valence-electron chi connectivity index (χ4n) is 6.16. The summed E-state index contributed by atoms with van der Waals surface area (Å²) in [6.45, 7) is 12.0. The maximum absolute atomic E-state index is 6.14. The highest BCUT2D eigenvalue weighted by Gasteiger charge is 2.52. The normalized spacial score (nSPS) is 54.7. The molecule has 0 saturated carbocycles. The van der Waals surface area contributed by atoms with Crippen LogP contribution in [0.1, 0.15) is 39.5 Å². The van der Waals surface area contributed by atoms with E-state index in [0.29, 0.717) is 10.9 Å². The number of thioether (sulfide) groups is 2. The van der Waals surface area contributed by atoms with E-state index >= 15 is 0 Å². The predicted octanol–water partition coefficient (Wildman–Crippen LogP) is 3.12. The minimum atomic E-state index is 0.251. The first kappa shape index (κ1) is 18.6. The minimum absolute atomic E-state index is 0.251. The molecule has 0 amide bonds. The van der Waals surface area contributed by atoms with Gasteiger partial charge in [0, 0.05) is 24.6 Å². The predicted molar refractivity (Wildman–Crippen MR) is 110 cm³/mol. The van der Waals surface area contributed by atoms with Crippen molar-refractivity contribution in [3.05, 3.63) is 0 Å². The molecule has 4 nitrogen and oxygen atoms in total. The zero-order chi connectivity index (χ0) is 17.8. The molecule has 0 radical (unpaired) electrons. The zero-order valence-electron chi connectivity index (χ0n) is 16.3. The van der Waals surface area contributed by atoms with Gasteiger partial charge in [0.15, 0.2) is 0 Å². The van der Waals surface area contributed by atoms with Gasteiger partial charge in [0.1, 0.15) is 10.9 Å². The van der Waals surface area contributed by atoms with Crippen LogP contribution in [0, 0.1) is 11.8 Å². The van der Waals surface area contributed by atoms with Crippen LogP contribution in [-0.2, 0) is 9.47 Å². The van der Waals surface area contributed by atoms with Crippen LogP contribution < -0.4 is 0 Å². The molecule has 0 aliphatic carbocycles. The second-order valence-electron chi connectivity index (χ2n) is 9.22. The summed E-state index contributed by atoms with van der Waals surface area (Å²) in [5.74, 6) is 4.18. The van der Waals surface area contributed by atoms with E-state index < -0.39 is 0 Å². The van der Waals surface area contributed by atoms with Crippen molar-refractivity contribution in [1.82, 2.24) is 9.80 Å². The van der Waals surface area contributed by atoms with Gasteiger partial charge < -0.3 is 19.3 Å². The molecule has 8 aliphatic heterocycles. The number of hydrogen-bond acceptors (Lipinski definition) is 6. The topological polar surface area (TPSA) is 24.9 Å². The van der Waals surface area contributed by atoms with Crippen LogP contribution >= 0.6 is 23.5 Å². The Morgan fingerprint density at radius 2 is 1.08 bits per heavy atom. The lowest BCUT2D eigenvalue weighted by atomic mass is 9.76. The average molecular weight is 399 g/mol. The monoisotopic (exact) mass is 398 g/mol. The van der Waals surface area contributed by atoms with Crippen LogP contribution in [0.2, 0.25) is 0 Å². The van der Waals surface area contributed by atoms with Crippen molar-refractivity contribution in [2.45, 2.75) is 61.6 Å². The van der Waals surface area contributed by atoms with Crippen molar-refractivity contribution in [1.29, 1.82) is 0 Å². The van der Waals surface area contributed by atoms with Crippen molar-refractivity contribution in [2.75, 3.05) is 50.8 Å². The summed E-state index contributed by atoms with van der Waals surface area (Å²) in [4.78, 5) is 5.16.